The molecule has 4 rings (SSSR count). The Hall–Kier alpha value is -2.80. The number of hydrogen-bond acceptors (Lipinski definition) is 5. The van der Waals surface area contributed by atoms with Crippen molar-refractivity contribution in [1.82, 2.24) is 9.97 Å². The summed E-state index contributed by atoms with van der Waals surface area (Å²) in [5.74, 6) is 0.163. The second-order valence-corrected chi connectivity index (χ2v) is 6.93. The van der Waals surface area contributed by atoms with Gasteiger partial charge in [0.2, 0.25) is 0 Å². The minimum absolute atomic E-state index is 0.236. The topological polar surface area (TPSA) is 58.1 Å². The van der Waals surface area contributed by atoms with Gasteiger partial charge in [-0.3, -0.25) is 10.1 Å². The van der Waals surface area contributed by atoms with Crippen LogP contribution in [0.4, 0.5) is 15.3 Å². The van der Waals surface area contributed by atoms with Gasteiger partial charge in [-0.2, -0.15) is 0 Å². The average Bonchev–Trinajstić information content (AvgIpc) is 3.34. The SMILES string of the molecule is O=C(Nc1nc(-c2cccc(F)c2)cs1)c1cccnc1N1CCCC1. The van der Waals surface area contributed by atoms with Crippen LogP contribution in [-0.2, 0) is 0 Å². The molecular weight excluding hydrogens is 351 g/mol. The predicted molar refractivity (Wildman–Crippen MR) is 101 cm³/mol. The molecule has 3 aromatic rings. The summed E-state index contributed by atoms with van der Waals surface area (Å²) in [7, 11) is 0. The van der Waals surface area contributed by atoms with Crippen molar-refractivity contribution in [3.63, 3.8) is 0 Å². The zero-order valence-corrected chi connectivity index (χ0v) is 14.8. The molecule has 0 saturated carbocycles. The van der Waals surface area contributed by atoms with Gasteiger partial charge < -0.3 is 4.90 Å². The minimum atomic E-state index is -0.313. The average molecular weight is 368 g/mol. The first-order valence-electron chi connectivity index (χ1n) is 8.43. The molecule has 0 atom stereocenters. The molecule has 0 unspecified atom stereocenters. The van der Waals surface area contributed by atoms with E-state index in [0.717, 1.165) is 25.9 Å². The summed E-state index contributed by atoms with van der Waals surface area (Å²) >= 11 is 1.31. The van der Waals surface area contributed by atoms with Gasteiger partial charge in [0, 0.05) is 30.2 Å². The highest BCUT2D eigenvalue weighted by atomic mass is 32.1. The van der Waals surface area contributed by atoms with Crippen molar-refractivity contribution in [3.05, 3.63) is 59.4 Å². The Morgan fingerprint density at radius 1 is 1.19 bits per heavy atom. The van der Waals surface area contributed by atoms with Crippen LogP contribution in [0.2, 0.25) is 0 Å². The lowest BCUT2D eigenvalue weighted by Gasteiger charge is -2.19. The Kier molecular flexibility index (Phi) is 4.62. The van der Waals surface area contributed by atoms with Gasteiger partial charge in [0.1, 0.15) is 11.6 Å². The summed E-state index contributed by atoms with van der Waals surface area (Å²) in [6.45, 7) is 1.83. The molecule has 0 bridgehead atoms. The molecule has 1 fully saturated rings. The molecule has 3 heterocycles. The smallest absolute Gasteiger partial charge is 0.261 e. The summed E-state index contributed by atoms with van der Waals surface area (Å²) in [5, 5.41) is 5.11. The first kappa shape index (κ1) is 16.7. The second-order valence-electron chi connectivity index (χ2n) is 6.07. The van der Waals surface area contributed by atoms with Crippen molar-refractivity contribution in [1.29, 1.82) is 0 Å². The van der Waals surface area contributed by atoms with Gasteiger partial charge in [0.05, 0.1) is 11.3 Å². The van der Waals surface area contributed by atoms with Crippen LogP contribution in [0.5, 0.6) is 0 Å². The number of hydrogen-bond donors (Lipinski definition) is 1. The first-order valence-corrected chi connectivity index (χ1v) is 9.31. The van der Waals surface area contributed by atoms with Gasteiger partial charge in [-0.1, -0.05) is 12.1 Å². The van der Waals surface area contributed by atoms with Crippen LogP contribution in [0.1, 0.15) is 23.2 Å². The minimum Gasteiger partial charge on any atom is -0.356 e. The van der Waals surface area contributed by atoms with Gasteiger partial charge >= 0.3 is 0 Å². The van der Waals surface area contributed by atoms with Crippen LogP contribution in [-0.4, -0.2) is 29.0 Å². The number of carbonyl (C=O) groups excluding carboxylic acids is 1. The van der Waals surface area contributed by atoms with Crippen molar-refractivity contribution < 1.29 is 9.18 Å². The number of benzene rings is 1. The molecule has 1 amide bonds. The van der Waals surface area contributed by atoms with Gasteiger partial charge in [-0.15, -0.1) is 11.3 Å². The molecule has 132 valence electrons. The maximum absolute atomic E-state index is 13.4. The standard InChI is InChI=1S/C19H17FN4OS/c20-14-6-3-5-13(11-14)16-12-26-19(22-16)23-18(25)15-7-4-8-21-17(15)24-9-1-2-10-24/h3-8,11-12H,1-2,9-10H2,(H,22,23,25). The normalized spacial score (nSPS) is 13.8. The van der Waals surface area contributed by atoms with E-state index >= 15 is 0 Å². The summed E-state index contributed by atoms with van der Waals surface area (Å²) < 4.78 is 13.4. The summed E-state index contributed by atoms with van der Waals surface area (Å²) in [4.78, 5) is 23.6. The zero-order valence-electron chi connectivity index (χ0n) is 14.0. The zero-order chi connectivity index (χ0) is 17.9. The fourth-order valence-electron chi connectivity index (χ4n) is 3.03. The van der Waals surface area contributed by atoms with Gasteiger partial charge in [0.15, 0.2) is 5.13 Å². The van der Waals surface area contributed by atoms with Crippen LogP contribution in [0, 0.1) is 5.82 Å². The van der Waals surface area contributed by atoms with Crippen molar-refractivity contribution in [2.24, 2.45) is 0 Å². The first-order chi connectivity index (χ1) is 12.7. The maximum atomic E-state index is 13.4. The van der Waals surface area contributed by atoms with Crippen molar-refractivity contribution in [2.75, 3.05) is 23.3 Å². The van der Waals surface area contributed by atoms with E-state index in [9.17, 15) is 9.18 Å². The van der Waals surface area contributed by atoms with E-state index in [2.05, 4.69) is 20.2 Å². The molecule has 0 aliphatic carbocycles. The lowest BCUT2D eigenvalue weighted by molar-refractivity contribution is 0.102. The van der Waals surface area contributed by atoms with Crippen LogP contribution < -0.4 is 10.2 Å². The Morgan fingerprint density at radius 2 is 2.04 bits per heavy atom. The highest BCUT2D eigenvalue weighted by molar-refractivity contribution is 7.14. The number of carbonyl (C=O) groups is 1. The second kappa shape index (κ2) is 7.21. The highest BCUT2D eigenvalue weighted by Crippen LogP contribution is 2.27. The predicted octanol–water partition coefficient (Wildman–Crippen LogP) is 4.20. The number of pyridine rings is 1. The maximum Gasteiger partial charge on any atom is 0.261 e. The fraction of sp³-hybridized carbons (Fsp3) is 0.211. The molecule has 5 nitrogen and oxygen atoms in total. The molecule has 1 aliphatic heterocycles. The molecule has 26 heavy (non-hydrogen) atoms. The third-order valence-electron chi connectivity index (χ3n) is 4.28. The highest BCUT2D eigenvalue weighted by Gasteiger charge is 2.21. The number of nitrogens with one attached hydrogen (secondary N) is 1. The molecule has 1 N–H and O–H groups in total. The number of thiazole rings is 1. The van der Waals surface area contributed by atoms with Gasteiger partial charge in [-0.25, -0.2) is 14.4 Å². The Morgan fingerprint density at radius 3 is 2.85 bits per heavy atom. The van der Waals surface area contributed by atoms with E-state index in [1.807, 2.05) is 0 Å². The van der Waals surface area contributed by atoms with E-state index in [1.54, 1.807) is 35.8 Å². The largest absolute Gasteiger partial charge is 0.356 e. The molecule has 1 aromatic carbocycles. The van der Waals surface area contributed by atoms with E-state index in [1.165, 1.54) is 23.5 Å². The summed E-state index contributed by atoms with van der Waals surface area (Å²) in [5.41, 5.74) is 1.86. The molecule has 0 spiro atoms. The Balaban J connectivity index is 1.54. The fourth-order valence-corrected chi connectivity index (χ4v) is 3.75. The molecule has 7 heteroatoms. The van der Waals surface area contributed by atoms with Gasteiger partial charge in [0.25, 0.3) is 5.91 Å². The molecule has 1 saturated heterocycles. The van der Waals surface area contributed by atoms with E-state index in [4.69, 9.17) is 0 Å². The van der Waals surface area contributed by atoms with Crippen molar-refractivity contribution in [3.8, 4) is 11.3 Å². The van der Waals surface area contributed by atoms with E-state index < -0.39 is 0 Å². The van der Waals surface area contributed by atoms with Crippen LogP contribution in [0.3, 0.4) is 0 Å². The van der Waals surface area contributed by atoms with Crippen LogP contribution in [0.25, 0.3) is 11.3 Å². The van der Waals surface area contributed by atoms with Crippen LogP contribution in [0.15, 0.2) is 48.0 Å². The molecule has 0 radical (unpaired) electrons. The Bertz CT molecular complexity index is 937. The molecule has 2 aromatic heterocycles. The number of halogens is 1. The summed E-state index contributed by atoms with van der Waals surface area (Å²) in [6.07, 6.45) is 3.93. The number of anilines is 2. The molecular formula is C19H17FN4OS. The number of aromatic nitrogens is 2. The van der Waals surface area contributed by atoms with E-state index in [-0.39, 0.29) is 11.7 Å². The lowest BCUT2D eigenvalue weighted by Crippen LogP contribution is -2.24. The number of nitrogens with zero attached hydrogens (tertiary/aromatic N) is 3. The monoisotopic (exact) mass is 368 g/mol. The number of amides is 1. The number of rotatable bonds is 4. The van der Waals surface area contributed by atoms with E-state index in [0.29, 0.717) is 27.8 Å². The third-order valence-corrected chi connectivity index (χ3v) is 5.04. The molecule has 1 aliphatic rings. The van der Waals surface area contributed by atoms with Crippen molar-refractivity contribution >= 4 is 28.2 Å². The quantitative estimate of drug-likeness (QED) is 0.750. The van der Waals surface area contributed by atoms with Crippen molar-refractivity contribution in [2.45, 2.75) is 12.8 Å². The van der Waals surface area contributed by atoms with Gasteiger partial charge in [-0.05, 0) is 37.1 Å². The summed E-state index contributed by atoms with van der Waals surface area (Å²) in [6, 6.07) is 9.77. The lowest BCUT2D eigenvalue weighted by atomic mass is 10.2. The van der Waals surface area contributed by atoms with Crippen LogP contribution >= 0.6 is 11.3 Å². The third kappa shape index (κ3) is 3.43. The Labute approximate surface area is 154 Å².